The minimum atomic E-state index is 0.0343. The Kier molecular flexibility index (Phi) is 4.90. The van der Waals surface area contributed by atoms with Crippen molar-refractivity contribution in [1.29, 1.82) is 0 Å². The number of pyridine rings is 1. The van der Waals surface area contributed by atoms with Gasteiger partial charge in [0.25, 0.3) is 0 Å². The molecule has 0 saturated heterocycles. The summed E-state index contributed by atoms with van der Waals surface area (Å²) in [5, 5.41) is 0. The van der Waals surface area contributed by atoms with E-state index in [-0.39, 0.29) is 5.78 Å². The number of ketones is 1. The van der Waals surface area contributed by atoms with Gasteiger partial charge in [0, 0.05) is 12.1 Å². The van der Waals surface area contributed by atoms with Crippen LogP contribution < -0.4 is 0 Å². The number of rotatable bonds is 5. The maximum Gasteiger partial charge on any atom is 0.185 e. The third-order valence-corrected chi connectivity index (χ3v) is 4.51. The fourth-order valence-corrected chi connectivity index (χ4v) is 3.01. The first kappa shape index (κ1) is 16.8. The SMILES string of the molecule is C=Cc1ccc(C(=O)Cc2cccc(-c3ccccc3)c2C)nc1C. The zero-order valence-corrected chi connectivity index (χ0v) is 14.6. The predicted molar refractivity (Wildman–Crippen MR) is 104 cm³/mol. The number of carbonyl (C=O) groups excluding carboxylic acids is 1. The molecule has 2 aromatic carbocycles. The minimum absolute atomic E-state index is 0.0343. The maximum atomic E-state index is 12.7. The number of benzene rings is 2. The van der Waals surface area contributed by atoms with Gasteiger partial charge in [-0.25, -0.2) is 4.98 Å². The fourth-order valence-electron chi connectivity index (χ4n) is 3.01. The zero-order chi connectivity index (χ0) is 17.8. The van der Waals surface area contributed by atoms with Crippen LogP contribution in [0.5, 0.6) is 0 Å². The van der Waals surface area contributed by atoms with Gasteiger partial charge in [-0.2, -0.15) is 0 Å². The Bertz CT molecular complexity index is 926. The molecule has 0 fully saturated rings. The van der Waals surface area contributed by atoms with E-state index in [1.54, 1.807) is 12.1 Å². The van der Waals surface area contributed by atoms with Gasteiger partial charge < -0.3 is 0 Å². The van der Waals surface area contributed by atoms with Gasteiger partial charge in [0.1, 0.15) is 5.69 Å². The molecule has 0 aliphatic carbocycles. The lowest BCUT2D eigenvalue weighted by molar-refractivity contribution is 0.0988. The highest BCUT2D eigenvalue weighted by atomic mass is 16.1. The number of hydrogen-bond acceptors (Lipinski definition) is 2. The molecular formula is C23H21NO. The molecule has 124 valence electrons. The van der Waals surface area contributed by atoms with Gasteiger partial charge in [-0.15, -0.1) is 0 Å². The second-order valence-corrected chi connectivity index (χ2v) is 6.13. The van der Waals surface area contributed by atoms with E-state index in [2.05, 4.69) is 36.7 Å². The van der Waals surface area contributed by atoms with E-state index in [4.69, 9.17) is 0 Å². The Morgan fingerprint density at radius 3 is 2.44 bits per heavy atom. The average Bonchev–Trinajstić information content (AvgIpc) is 2.64. The van der Waals surface area contributed by atoms with Crippen LogP contribution in [0.3, 0.4) is 0 Å². The van der Waals surface area contributed by atoms with Crippen molar-refractivity contribution in [2.75, 3.05) is 0 Å². The second kappa shape index (κ2) is 7.27. The molecular weight excluding hydrogens is 306 g/mol. The second-order valence-electron chi connectivity index (χ2n) is 6.13. The van der Waals surface area contributed by atoms with Crippen LogP contribution in [0.1, 0.15) is 32.9 Å². The summed E-state index contributed by atoms with van der Waals surface area (Å²) in [5.74, 6) is 0.0343. The van der Waals surface area contributed by atoms with E-state index in [9.17, 15) is 4.79 Å². The summed E-state index contributed by atoms with van der Waals surface area (Å²) in [6.07, 6.45) is 2.11. The topological polar surface area (TPSA) is 30.0 Å². The number of carbonyl (C=O) groups is 1. The lowest BCUT2D eigenvalue weighted by atomic mass is 9.93. The van der Waals surface area contributed by atoms with E-state index >= 15 is 0 Å². The quantitative estimate of drug-likeness (QED) is 0.585. The van der Waals surface area contributed by atoms with Crippen LogP contribution in [0.25, 0.3) is 17.2 Å². The smallest absolute Gasteiger partial charge is 0.185 e. The molecule has 1 aromatic heterocycles. The molecule has 0 amide bonds. The van der Waals surface area contributed by atoms with Gasteiger partial charge in [-0.1, -0.05) is 67.3 Å². The summed E-state index contributed by atoms with van der Waals surface area (Å²) < 4.78 is 0. The van der Waals surface area contributed by atoms with Crippen molar-refractivity contribution in [3.63, 3.8) is 0 Å². The lowest BCUT2D eigenvalue weighted by Gasteiger charge is -2.11. The third kappa shape index (κ3) is 3.58. The van der Waals surface area contributed by atoms with E-state index in [0.717, 1.165) is 27.9 Å². The summed E-state index contributed by atoms with van der Waals surface area (Å²) in [5.41, 5.74) is 6.80. The van der Waals surface area contributed by atoms with Crippen LogP contribution >= 0.6 is 0 Å². The zero-order valence-electron chi connectivity index (χ0n) is 14.6. The molecule has 0 atom stereocenters. The molecule has 3 aromatic rings. The summed E-state index contributed by atoms with van der Waals surface area (Å²) in [4.78, 5) is 17.1. The van der Waals surface area contributed by atoms with Gasteiger partial charge in [-0.05, 0) is 47.7 Å². The lowest BCUT2D eigenvalue weighted by Crippen LogP contribution is -2.08. The number of hydrogen-bond donors (Lipinski definition) is 0. The first-order valence-corrected chi connectivity index (χ1v) is 8.37. The maximum absolute atomic E-state index is 12.7. The van der Waals surface area contributed by atoms with E-state index < -0.39 is 0 Å². The Labute approximate surface area is 148 Å². The first-order valence-electron chi connectivity index (χ1n) is 8.37. The van der Waals surface area contributed by atoms with Gasteiger partial charge in [0.05, 0.1) is 0 Å². The largest absolute Gasteiger partial charge is 0.292 e. The normalized spacial score (nSPS) is 10.5. The minimum Gasteiger partial charge on any atom is -0.292 e. The highest BCUT2D eigenvalue weighted by Gasteiger charge is 2.13. The number of Topliss-reactive ketones (excluding diaryl/α,β-unsaturated/α-hetero) is 1. The molecule has 0 aliphatic rings. The van der Waals surface area contributed by atoms with E-state index in [1.807, 2.05) is 43.3 Å². The number of aromatic nitrogens is 1. The van der Waals surface area contributed by atoms with Crippen molar-refractivity contribution in [3.05, 3.63) is 95.3 Å². The van der Waals surface area contributed by atoms with Crippen molar-refractivity contribution < 1.29 is 4.79 Å². The van der Waals surface area contributed by atoms with Gasteiger partial charge in [0.15, 0.2) is 5.78 Å². The van der Waals surface area contributed by atoms with Crippen LogP contribution in [0.15, 0.2) is 67.2 Å². The molecule has 3 rings (SSSR count). The summed E-state index contributed by atoms with van der Waals surface area (Å²) in [6, 6.07) is 20.0. The van der Waals surface area contributed by atoms with Crippen LogP contribution in [0.2, 0.25) is 0 Å². The molecule has 0 bridgehead atoms. The van der Waals surface area contributed by atoms with E-state index in [0.29, 0.717) is 12.1 Å². The summed E-state index contributed by atoms with van der Waals surface area (Å²) in [7, 11) is 0. The summed E-state index contributed by atoms with van der Waals surface area (Å²) in [6.45, 7) is 7.73. The van der Waals surface area contributed by atoms with Crippen LogP contribution in [0, 0.1) is 13.8 Å². The first-order chi connectivity index (χ1) is 12.1. The van der Waals surface area contributed by atoms with Crippen molar-refractivity contribution in [1.82, 2.24) is 4.98 Å². The Balaban J connectivity index is 1.89. The average molecular weight is 327 g/mol. The molecule has 0 saturated carbocycles. The monoisotopic (exact) mass is 327 g/mol. The van der Waals surface area contributed by atoms with Gasteiger partial charge in [0.2, 0.25) is 0 Å². The Morgan fingerprint density at radius 2 is 1.76 bits per heavy atom. The fraction of sp³-hybridized carbons (Fsp3) is 0.130. The molecule has 0 unspecified atom stereocenters. The van der Waals surface area contributed by atoms with E-state index in [1.165, 1.54) is 5.56 Å². The van der Waals surface area contributed by atoms with Crippen LogP contribution in [-0.4, -0.2) is 10.8 Å². The van der Waals surface area contributed by atoms with Crippen molar-refractivity contribution in [2.45, 2.75) is 20.3 Å². The predicted octanol–water partition coefficient (Wildman–Crippen LogP) is 5.43. The third-order valence-electron chi connectivity index (χ3n) is 4.51. The molecule has 2 nitrogen and oxygen atoms in total. The highest BCUT2D eigenvalue weighted by Crippen LogP contribution is 2.26. The summed E-state index contributed by atoms with van der Waals surface area (Å²) >= 11 is 0. The van der Waals surface area contributed by atoms with Gasteiger partial charge >= 0.3 is 0 Å². The van der Waals surface area contributed by atoms with Crippen LogP contribution in [0.4, 0.5) is 0 Å². The number of nitrogens with zero attached hydrogens (tertiary/aromatic N) is 1. The molecule has 0 aliphatic heterocycles. The molecule has 0 spiro atoms. The highest BCUT2D eigenvalue weighted by molar-refractivity contribution is 5.96. The molecule has 25 heavy (non-hydrogen) atoms. The van der Waals surface area contributed by atoms with Crippen molar-refractivity contribution >= 4 is 11.9 Å². The molecule has 0 N–H and O–H groups in total. The Morgan fingerprint density at radius 1 is 1.00 bits per heavy atom. The van der Waals surface area contributed by atoms with Gasteiger partial charge in [-0.3, -0.25) is 4.79 Å². The standard InChI is InChI=1S/C23H21NO/c1-4-18-13-14-22(24-17(18)3)23(25)15-20-11-8-12-21(16(20)2)19-9-6-5-7-10-19/h4-14H,1,15H2,2-3H3. The molecule has 2 heteroatoms. The van der Waals surface area contributed by atoms with Crippen LogP contribution in [-0.2, 0) is 6.42 Å². The Hall–Kier alpha value is -3.00. The molecule has 0 radical (unpaired) electrons. The molecule has 1 heterocycles. The number of aryl methyl sites for hydroxylation is 1. The van der Waals surface area contributed by atoms with Crippen molar-refractivity contribution in [3.8, 4) is 11.1 Å². The van der Waals surface area contributed by atoms with Crippen molar-refractivity contribution in [2.24, 2.45) is 0 Å².